The Balaban J connectivity index is 1.83. The quantitative estimate of drug-likeness (QED) is 0.935. The Labute approximate surface area is 133 Å². The van der Waals surface area contributed by atoms with Gasteiger partial charge in [0.25, 0.3) is 5.91 Å². The average molecular weight is 312 g/mol. The fourth-order valence-corrected chi connectivity index (χ4v) is 3.91. The summed E-state index contributed by atoms with van der Waals surface area (Å²) >= 11 is 1.52. The number of fused-ring (bicyclic) bond motifs is 1. The van der Waals surface area contributed by atoms with E-state index in [0.717, 1.165) is 24.8 Å². The summed E-state index contributed by atoms with van der Waals surface area (Å²) < 4.78 is 5.41. The molecule has 112 valence electrons. The zero-order chi connectivity index (χ0) is 15.5. The number of amides is 1. The number of nitrogens with one attached hydrogen (secondary N) is 1. The molecule has 0 spiro atoms. The lowest BCUT2D eigenvalue weighted by atomic mass is 10.1. The highest BCUT2D eigenvalue weighted by Crippen LogP contribution is 2.38. The van der Waals surface area contributed by atoms with E-state index in [1.807, 2.05) is 13.0 Å². The average Bonchev–Trinajstić information content (AvgIpc) is 3.08. The SMILES string of the molecule is CCOc1cccc(C(=O)Nc2sc3c(c2C#N)CCC3)c1. The minimum Gasteiger partial charge on any atom is -0.494 e. The van der Waals surface area contributed by atoms with Gasteiger partial charge in [-0.1, -0.05) is 6.07 Å². The van der Waals surface area contributed by atoms with E-state index in [4.69, 9.17) is 4.74 Å². The Morgan fingerprint density at radius 2 is 2.32 bits per heavy atom. The first kappa shape index (κ1) is 14.6. The number of rotatable bonds is 4. The first-order chi connectivity index (χ1) is 10.7. The Hall–Kier alpha value is -2.32. The highest BCUT2D eigenvalue weighted by molar-refractivity contribution is 7.16. The van der Waals surface area contributed by atoms with E-state index in [1.54, 1.807) is 18.2 Å². The van der Waals surface area contributed by atoms with Crippen LogP contribution in [0.4, 0.5) is 5.00 Å². The Kier molecular flexibility index (Phi) is 4.12. The molecule has 1 amide bonds. The van der Waals surface area contributed by atoms with Crippen LogP contribution < -0.4 is 10.1 Å². The van der Waals surface area contributed by atoms with Gasteiger partial charge < -0.3 is 10.1 Å². The summed E-state index contributed by atoms with van der Waals surface area (Å²) in [6, 6.07) is 9.30. The number of aryl methyl sites for hydroxylation is 1. The van der Waals surface area contributed by atoms with Crippen molar-refractivity contribution in [3.05, 3.63) is 45.8 Å². The molecule has 1 N–H and O–H groups in total. The standard InChI is InChI=1S/C17H16N2O2S/c1-2-21-12-6-3-5-11(9-12)16(20)19-17-14(10-18)13-7-4-8-15(13)22-17/h3,5-6,9H,2,4,7-8H2,1H3,(H,19,20). The lowest BCUT2D eigenvalue weighted by molar-refractivity contribution is 0.102. The van der Waals surface area contributed by atoms with Gasteiger partial charge in [0.1, 0.15) is 16.8 Å². The van der Waals surface area contributed by atoms with Gasteiger partial charge in [-0.05, 0) is 49.9 Å². The van der Waals surface area contributed by atoms with Crippen LogP contribution in [0.25, 0.3) is 0 Å². The van der Waals surface area contributed by atoms with Crippen molar-refractivity contribution in [2.75, 3.05) is 11.9 Å². The largest absolute Gasteiger partial charge is 0.494 e. The predicted octanol–water partition coefficient (Wildman–Crippen LogP) is 3.76. The van der Waals surface area contributed by atoms with Gasteiger partial charge in [0.05, 0.1) is 12.2 Å². The molecule has 1 heterocycles. The second-order valence-corrected chi connectivity index (χ2v) is 6.19. The number of thiophene rings is 1. The van der Waals surface area contributed by atoms with Crippen molar-refractivity contribution in [1.29, 1.82) is 5.26 Å². The van der Waals surface area contributed by atoms with Crippen LogP contribution in [0.15, 0.2) is 24.3 Å². The van der Waals surface area contributed by atoms with Gasteiger partial charge in [0, 0.05) is 10.4 Å². The molecule has 0 aliphatic heterocycles. The van der Waals surface area contributed by atoms with Crippen molar-refractivity contribution >= 4 is 22.2 Å². The van der Waals surface area contributed by atoms with E-state index in [9.17, 15) is 10.1 Å². The normalized spacial score (nSPS) is 12.5. The molecule has 1 aromatic heterocycles. The molecule has 0 bridgehead atoms. The van der Waals surface area contributed by atoms with Gasteiger partial charge in [0.2, 0.25) is 0 Å². The summed E-state index contributed by atoms with van der Waals surface area (Å²) in [4.78, 5) is 13.6. The van der Waals surface area contributed by atoms with Gasteiger partial charge in [-0.25, -0.2) is 0 Å². The van der Waals surface area contributed by atoms with Crippen LogP contribution in [0.5, 0.6) is 5.75 Å². The van der Waals surface area contributed by atoms with E-state index >= 15 is 0 Å². The van der Waals surface area contributed by atoms with Crippen LogP contribution in [0.2, 0.25) is 0 Å². The monoisotopic (exact) mass is 312 g/mol. The summed E-state index contributed by atoms with van der Waals surface area (Å²) in [6.07, 6.45) is 3.04. The molecule has 0 radical (unpaired) electrons. The first-order valence-electron chi connectivity index (χ1n) is 7.31. The number of ether oxygens (including phenoxy) is 1. The number of carbonyl (C=O) groups excluding carboxylic acids is 1. The molecule has 0 atom stereocenters. The highest BCUT2D eigenvalue weighted by Gasteiger charge is 2.23. The number of nitriles is 1. The number of benzene rings is 1. The molecule has 0 saturated carbocycles. The maximum absolute atomic E-state index is 12.4. The van der Waals surface area contributed by atoms with E-state index in [2.05, 4.69) is 11.4 Å². The third-order valence-electron chi connectivity index (χ3n) is 3.67. The Morgan fingerprint density at radius 1 is 1.45 bits per heavy atom. The molecular formula is C17H16N2O2S. The molecule has 1 aromatic carbocycles. The number of hydrogen-bond acceptors (Lipinski definition) is 4. The molecule has 4 nitrogen and oxygen atoms in total. The van der Waals surface area contributed by atoms with Crippen molar-refractivity contribution in [3.63, 3.8) is 0 Å². The van der Waals surface area contributed by atoms with Crippen LogP contribution in [-0.2, 0) is 12.8 Å². The van der Waals surface area contributed by atoms with Crippen LogP contribution in [0, 0.1) is 11.3 Å². The number of hydrogen-bond donors (Lipinski definition) is 1. The van der Waals surface area contributed by atoms with E-state index < -0.39 is 0 Å². The van der Waals surface area contributed by atoms with Crippen LogP contribution >= 0.6 is 11.3 Å². The maximum atomic E-state index is 12.4. The number of carbonyl (C=O) groups is 1. The van der Waals surface area contributed by atoms with Crippen molar-refractivity contribution in [3.8, 4) is 11.8 Å². The van der Waals surface area contributed by atoms with E-state index in [0.29, 0.717) is 28.5 Å². The molecule has 0 fully saturated rings. The second kappa shape index (κ2) is 6.20. The van der Waals surface area contributed by atoms with Crippen LogP contribution in [0.1, 0.15) is 39.7 Å². The first-order valence-corrected chi connectivity index (χ1v) is 8.13. The minimum atomic E-state index is -0.210. The number of nitrogens with zero attached hydrogens (tertiary/aromatic N) is 1. The van der Waals surface area contributed by atoms with Gasteiger partial charge >= 0.3 is 0 Å². The summed E-state index contributed by atoms with van der Waals surface area (Å²) in [5.74, 6) is 0.460. The molecular weight excluding hydrogens is 296 g/mol. The Morgan fingerprint density at radius 3 is 3.09 bits per heavy atom. The third-order valence-corrected chi connectivity index (χ3v) is 4.87. The zero-order valence-corrected chi connectivity index (χ0v) is 13.1. The lowest BCUT2D eigenvalue weighted by Gasteiger charge is -2.07. The summed E-state index contributed by atoms with van der Waals surface area (Å²) in [7, 11) is 0. The van der Waals surface area contributed by atoms with Crippen molar-refractivity contribution in [2.24, 2.45) is 0 Å². The molecule has 2 aromatic rings. The maximum Gasteiger partial charge on any atom is 0.256 e. The predicted molar refractivity (Wildman–Crippen MR) is 86.6 cm³/mol. The smallest absolute Gasteiger partial charge is 0.256 e. The van der Waals surface area contributed by atoms with Crippen molar-refractivity contribution in [1.82, 2.24) is 0 Å². The molecule has 0 saturated heterocycles. The van der Waals surface area contributed by atoms with Crippen LogP contribution in [0.3, 0.4) is 0 Å². The minimum absolute atomic E-state index is 0.210. The van der Waals surface area contributed by atoms with Gasteiger partial charge in [-0.15, -0.1) is 11.3 Å². The second-order valence-electron chi connectivity index (χ2n) is 5.09. The summed E-state index contributed by atoms with van der Waals surface area (Å²) in [5.41, 5.74) is 2.28. The Bertz CT molecular complexity index is 759. The molecule has 0 unspecified atom stereocenters. The highest BCUT2D eigenvalue weighted by atomic mass is 32.1. The van der Waals surface area contributed by atoms with Gasteiger partial charge in [0.15, 0.2) is 0 Å². The topological polar surface area (TPSA) is 62.1 Å². The van der Waals surface area contributed by atoms with Crippen LogP contribution in [-0.4, -0.2) is 12.5 Å². The van der Waals surface area contributed by atoms with Gasteiger partial charge in [-0.3, -0.25) is 4.79 Å². The molecule has 3 rings (SSSR count). The fourth-order valence-electron chi connectivity index (χ4n) is 2.68. The lowest BCUT2D eigenvalue weighted by Crippen LogP contribution is -2.12. The summed E-state index contributed by atoms with van der Waals surface area (Å²) in [6.45, 7) is 2.46. The molecule has 1 aliphatic rings. The van der Waals surface area contributed by atoms with E-state index in [1.165, 1.54) is 16.2 Å². The number of anilines is 1. The van der Waals surface area contributed by atoms with Gasteiger partial charge in [-0.2, -0.15) is 5.26 Å². The van der Waals surface area contributed by atoms with Crippen molar-refractivity contribution in [2.45, 2.75) is 26.2 Å². The third kappa shape index (κ3) is 2.70. The molecule has 5 heteroatoms. The fraction of sp³-hybridized carbons (Fsp3) is 0.294. The van der Waals surface area contributed by atoms with E-state index in [-0.39, 0.29) is 5.91 Å². The zero-order valence-electron chi connectivity index (χ0n) is 12.3. The molecule has 22 heavy (non-hydrogen) atoms. The molecule has 1 aliphatic carbocycles. The van der Waals surface area contributed by atoms with Crippen molar-refractivity contribution < 1.29 is 9.53 Å². The summed E-state index contributed by atoms with van der Waals surface area (Å²) in [5, 5.41) is 12.9.